The number of nitrogens with one attached hydrogen (secondary N) is 1. The molecule has 3 N–H and O–H groups in total. The minimum atomic E-state index is -0.0166. The summed E-state index contributed by atoms with van der Waals surface area (Å²) in [6.45, 7) is 3.39. The summed E-state index contributed by atoms with van der Waals surface area (Å²) in [5.41, 5.74) is 8.22. The highest BCUT2D eigenvalue weighted by Crippen LogP contribution is 2.10. The van der Waals surface area contributed by atoms with Crippen molar-refractivity contribution in [2.45, 2.75) is 32.7 Å². The summed E-state index contributed by atoms with van der Waals surface area (Å²) in [4.78, 5) is 11.9. The van der Waals surface area contributed by atoms with Gasteiger partial charge in [0.1, 0.15) is 0 Å². The van der Waals surface area contributed by atoms with E-state index in [1.165, 1.54) is 0 Å². The molecule has 1 amide bonds. The zero-order valence-corrected chi connectivity index (χ0v) is 12.2. The van der Waals surface area contributed by atoms with Crippen LogP contribution in [0.3, 0.4) is 0 Å². The Labute approximate surface area is 124 Å². The monoisotopic (exact) mass is 287 g/mol. The van der Waals surface area contributed by atoms with Gasteiger partial charge in [-0.25, -0.2) is 0 Å². The van der Waals surface area contributed by atoms with Gasteiger partial charge in [0.2, 0.25) is 5.91 Å². The highest BCUT2D eigenvalue weighted by molar-refractivity contribution is 5.90. The van der Waals surface area contributed by atoms with Crippen molar-refractivity contribution < 1.29 is 4.79 Å². The molecule has 0 aliphatic heterocycles. The SMILES string of the molecule is Cc1cccc(NC(=O)CCc2cn(CCCN)nn2)c1. The molecule has 21 heavy (non-hydrogen) atoms. The maximum atomic E-state index is 11.9. The van der Waals surface area contributed by atoms with Gasteiger partial charge in [-0.05, 0) is 37.6 Å². The molecule has 0 radical (unpaired) electrons. The Kier molecular flexibility index (Phi) is 5.45. The highest BCUT2D eigenvalue weighted by atomic mass is 16.1. The maximum absolute atomic E-state index is 11.9. The Morgan fingerprint density at radius 2 is 2.29 bits per heavy atom. The number of hydrogen-bond donors (Lipinski definition) is 2. The number of amides is 1. The first-order valence-electron chi connectivity index (χ1n) is 7.13. The number of carbonyl (C=O) groups excluding carboxylic acids is 1. The Bertz CT molecular complexity index is 593. The summed E-state index contributed by atoms with van der Waals surface area (Å²) in [6.07, 6.45) is 3.72. The van der Waals surface area contributed by atoms with Crippen molar-refractivity contribution in [3.63, 3.8) is 0 Å². The molecule has 0 aliphatic carbocycles. The molecule has 2 rings (SSSR count). The molecule has 2 aromatic rings. The van der Waals surface area contributed by atoms with Gasteiger partial charge in [-0.15, -0.1) is 5.10 Å². The first-order valence-corrected chi connectivity index (χ1v) is 7.13. The first kappa shape index (κ1) is 15.2. The lowest BCUT2D eigenvalue weighted by Gasteiger charge is -2.05. The van der Waals surface area contributed by atoms with Gasteiger partial charge < -0.3 is 11.1 Å². The van der Waals surface area contributed by atoms with Crippen molar-refractivity contribution in [2.75, 3.05) is 11.9 Å². The quantitative estimate of drug-likeness (QED) is 0.808. The Morgan fingerprint density at radius 3 is 3.05 bits per heavy atom. The van der Waals surface area contributed by atoms with Gasteiger partial charge in [0, 0.05) is 31.3 Å². The van der Waals surface area contributed by atoms with E-state index in [0.29, 0.717) is 19.4 Å². The second kappa shape index (κ2) is 7.54. The highest BCUT2D eigenvalue weighted by Gasteiger charge is 2.06. The van der Waals surface area contributed by atoms with Gasteiger partial charge in [0.15, 0.2) is 0 Å². The van der Waals surface area contributed by atoms with E-state index in [1.807, 2.05) is 37.4 Å². The predicted octanol–water partition coefficient (Wildman–Crippen LogP) is 1.51. The minimum absolute atomic E-state index is 0.0166. The molecule has 112 valence electrons. The fourth-order valence-electron chi connectivity index (χ4n) is 2.00. The standard InChI is InChI=1S/C15H21N5O/c1-12-4-2-5-13(10-12)17-15(21)7-6-14-11-20(19-18-14)9-3-8-16/h2,4-5,10-11H,3,6-9,16H2,1H3,(H,17,21). The van der Waals surface area contributed by atoms with E-state index in [-0.39, 0.29) is 5.91 Å². The molecule has 6 heteroatoms. The molecule has 1 aromatic heterocycles. The van der Waals surface area contributed by atoms with Crippen LogP contribution in [0.2, 0.25) is 0 Å². The third kappa shape index (κ3) is 5.00. The number of benzene rings is 1. The average molecular weight is 287 g/mol. The van der Waals surface area contributed by atoms with Crippen LogP contribution in [0.25, 0.3) is 0 Å². The Morgan fingerprint density at radius 1 is 1.43 bits per heavy atom. The number of aryl methyl sites for hydroxylation is 3. The van der Waals surface area contributed by atoms with Gasteiger partial charge in [-0.1, -0.05) is 17.3 Å². The van der Waals surface area contributed by atoms with Crippen LogP contribution in [0, 0.1) is 6.92 Å². The molecule has 0 saturated carbocycles. The molecule has 0 bridgehead atoms. The fraction of sp³-hybridized carbons (Fsp3) is 0.400. The second-order valence-corrected chi connectivity index (χ2v) is 5.03. The van der Waals surface area contributed by atoms with Crippen LogP contribution in [0.15, 0.2) is 30.5 Å². The summed E-state index contributed by atoms with van der Waals surface area (Å²) in [5.74, 6) is -0.0166. The molecule has 0 aliphatic rings. The van der Waals surface area contributed by atoms with E-state index in [4.69, 9.17) is 5.73 Å². The zero-order chi connectivity index (χ0) is 15.1. The Hall–Kier alpha value is -2.21. The molecule has 0 fully saturated rings. The predicted molar refractivity (Wildman–Crippen MR) is 81.8 cm³/mol. The van der Waals surface area contributed by atoms with E-state index in [1.54, 1.807) is 4.68 Å². The van der Waals surface area contributed by atoms with Crippen LogP contribution < -0.4 is 11.1 Å². The zero-order valence-electron chi connectivity index (χ0n) is 12.2. The van der Waals surface area contributed by atoms with Crippen molar-refractivity contribution in [2.24, 2.45) is 5.73 Å². The van der Waals surface area contributed by atoms with E-state index >= 15 is 0 Å². The lowest BCUT2D eigenvalue weighted by Crippen LogP contribution is -2.12. The van der Waals surface area contributed by atoms with Gasteiger partial charge in [0.25, 0.3) is 0 Å². The number of anilines is 1. The van der Waals surface area contributed by atoms with Crippen molar-refractivity contribution in [1.29, 1.82) is 0 Å². The largest absolute Gasteiger partial charge is 0.330 e. The van der Waals surface area contributed by atoms with Crippen LogP contribution in [-0.2, 0) is 17.8 Å². The van der Waals surface area contributed by atoms with Crippen molar-refractivity contribution in [1.82, 2.24) is 15.0 Å². The molecular weight excluding hydrogens is 266 g/mol. The van der Waals surface area contributed by atoms with Crippen LogP contribution in [0.5, 0.6) is 0 Å². The molecule has 1 heterocycles. The molecule has 1 aromatic carbocycles. The van der Waals surface area contributed by atoms with Crippen LogP contribution in [0.4, 0.5) is 5.69 Å². The molecule has 0 unspecified atom stereocenters. The average Bonchev–Trinajstić information content (AvgIpc) is 2.91. The molecule has 0 atom stereocenters. The minimum Gasteiger partial charge on any atom is -0.330 e. The van der Waals surface area contributed by atoms with Crippen molar-refractivity contribution >= 4 is 11.6 Å². The molecule has 0 saturated heterocycles. The number of rotatable bonds is 7. The lowest BCUT2D eigenvalue weighted by atomic mass is 10.2. The second-order valence-electron chi connectivity index (χ2n) is 5.03. The van der Waals surface area contributed by atoms with Gasteiger partial charge in [-0.3, -0.25) is 9.48 Å². The van der Waals surface area contributed by atoms with Gasteiger partial charge >= 0.3 is 0 Å². The van der Waals surface area contributed by atoms with E-state index in [2.05, 4.69) is 15.6 Å². The summed E-state index contributed by atoms with van der Waals surface area (Å²) < 4.78 is 1.76. The summed E-state index contributed by atoms with van der Waals surface area (Å²) in [5, 5.41) is 10.9. The normalized spacial score (nSPS) is 10.6. The fourth-order valence-corrected chi connectivity index (χ4v) is 2.00. The van der Waals surface area contributed by atoms with Gasteiger partial charge in [0.05, 0.1) is 5.69 Å². The number of nitrogens with zero attached hydrogens (tertiary/aromatic N) is 3. The first-order chi connectivity index (χ1) is 10.2. The molecular formula is C15H21N5O. The molecule has 6 nitrogen and oxygen atoms in total. The summed E-state index contributed by atoms with van der Waals surface area (Å²) in [7, 11) is 0. The topological polar surface area (TPSA) is 85.8 Å². The van der Waals surface area contributed by atoms with E-state index < -0.39 is 0 Å². The van der Waals surface area contributed by atoms with E-state index in [0.717, 1.165) is 29.9 Å². The van der Waals surface area contributed by atoms with Crippen molar-refractivity contribution in [3.8, 4) is 0 Å². The lowest BCUT2D eigenvalue weighted by molar-refractivity contribution is -0.116. The number of carbonyl (C=O) groups is 1. The van der Waals surface area contributed by atoms with Crippen molar-refractivity contribution in [3.05, 3.63) is 41.7 Å². The summed E-state index contributed by atoms with van der Waals surface area (Å²) in [6, 6.07) is 7.75. The molecule has 0 spiro atoms. The van der Waals surface area contributed by atoms with Crippen LogP contribution in [0.1, 0.15) is 24.1 Å². The number of aromatic nitrogens is 3. The number of hydrogen-bond acceptors (Lipinski definition) is 4. The number of nitrogens with two attached hydrogens (primary N) is 1. The third-order valence-corrected chi connectivity index (χ3v) is 3.09. The van der Waals surface area contributed by atoms with E-state index in [9.17, 15) is 4.79 Å². The Balaban J connectivity index is 1.79. The van der Waals surface area contributed by atoms with Gasteiger partial charge in [-0.2, -0.15) is 0 Å². The van der Waals surface area contributed by atoms with Crippen LogP contribution >= 0.6 is 0 Å². The summed E-state index contributed by atoms with van der Waals surface area (Å²) >= 11 is 0. The maximum Gasteiger partial charge on any atom is 0.224 e. The third-order valence-electron chi connectivity index (χ3n) is 3.09. The smallest absolute Gasteiger partial charge is 0.224 e. The van der Waals surface area contributed by atoms with Crippen LogP contribution in [-0.4, -0.2) is 27.4 Å².